The summed E-state index contributed by atoms with van der Waals surface area (Å²) in [7, 11) is -17.7. The first-order valence-electron chi connectivity index (χ1n) is 9.23. The molecule has 0 radical (unpaired) electrons. The summed E-state index contributed by atoms with van der Waals surface area (Å²) in [4.78, 5) is 39.7. The number of rotatable bonds is 8. The van der Waals surface area contributed by atoms with Crippen molar-refractivity contribution in [3.8, 4) is 6.07 Å². The number of phosphoric ester groups is 1. The van der Waals surface area contributed by atoms with Gasteiger partial charge in [-0.1, -0.05) is 0 Å². The molecule has 18 nitrogen and oxygen atoms in total. The highest BCUT2D eigenvalue weighted by molar-refractivity contribution is 7.66. The first-order valence-corrected chi connectivity index (χ1v) is 12.7. The predicted octanol–water partition coefficient (Wildman–Crippen LogP) is -1.51. The Labute approximate surface area is 186 Å². The third-order valence-electron chi connectivity index (χ3n) is 4.09. The van der Waals surface area contributed by atoms with Gasteiger partial charge in [-0.2, -0.15) is 19.0 Å². The molecule has 2 unspecified atom stereocenters. The molecule has 1 aliphatic rings. The highest BCUT2D eigenvalue weighted by Crippen LogP contribution is 2.66. The molecular formula is C12H16N5O13P3. The molecule has 3 heterocycles. The zero-order chi connectivity index (χ0) is 26.6. The molecule has 0 amide bonds. The molecule has 0 spiro atoms. The molecule has 21 heteroatoms. The van der Waals surface area contributed by atoms with E-state index in [2.05, 4.69) is 23.2 Å². The van der Waals surface area contributed by atoms with Crippen molar-refractivity contribution in [2.75, 3.05) is 12.3 Å². The van der Waals surface area contributed by atoms with E-state index >= 15 is 0 Å². The number of nitrogen functional groups attached to an aromatic ring is 1. The minimum atomic E-state index is -6.03. The van der Waals surface area contributed by atoms with Crippen LogP contribution in [0.25, 0.3) is 5.52 Å². The lowest BCUT2D eigenvalue weighted by Crippen LogP contribution is -2.41. The number of nitriles is 1. The molecule has 33 heavy (non-hydrogen) atoms. The van der Waals surface area contributed by atoms with Gasteiger partial charge in [0.15, 0.2) is 5.82 Å². The van der Waals surface area contributed by atoms with Gasteiger partial charge in [0.05, 0.1) is 15.0 Å². The van der Waals surface area contributed by atoms with Gasteiger partial charge in [-0.3, -0.25) is 4.52 Å². The Balaban J connectivity index is 1.93. The van der Waals surface area contributed by atoms with Crippen LogP contribution in [0.5, 0.6) is 0 Å². The van der Waals surface area contributed by atoms with Crippen molar-refractivity contribution in [2.45, 2.75) is 23.9 Å². The fourth-order valence-electron chi connectivity index (χ4n) is 2.85. The Morgan fingerprint density at radius 1 is 1.24 bits per heavy atom. The summed E-state index contributed by atoms with van der Waals surface area (Å²) < 4.78 is 67.4. The summed E-state index contributed by atoms with van der Waals surface area (Å²) in [5.74, 6) is -0.0492. The fourth-order valence-corrected chi connectivity index (χ4v) is 5.73. The van der Waals surface area contributed by atoms with Crippen LogP contribution in [0.3, 0.4) is 0 Å². The topological polar surface area (TPSA) is 290 Å². The van der Waals surface area contributed by atoms with Crippen LogP contribution in [-0.2, 0) is 37.2 Å². The summed E-state index contributed by atoms with van der Waals surface area (Å²) >= 11 is 0. The number of phosphoric acid groups is 3. The maximum Gasteiger partial charge on any atom is 0.490 e. The lowest BCUT2D eigenvalue weighted by Gasteiger charge is -2.24. The molecule has 2 aromatic rings. The highest BCUT2D eigenvalue weighted by Gasteiger charge is 2.58. The molecule has 0 aliphatic carbocycles. The number of hydrogen-bond acceptors (Lipinski definition) is 13. The number of fused-ring (bicyclic) bond motifs is 1. The van der Waals surface area contributed by atoms with Crippen LogP contribution in [0.15, 0.2) is 18.5 Å². The third-order valence-corrected chi connectivity index (χ3v) is 7.75. The lowest BCUT2D eigenvalue weighted by molar-refractivity contribution is -0.0634. The minimum Gasteiger partial charge on any atom is -0.387 e. The number of hydrogen-bond donors (Lipinski definition) is 7. The Morgan fingerprint density at radius 3 is 2.52 bits per heavy atom. The van der Waals surface area contributed by atoms with Crippen molar-refractivity contribution in [1.82, 2.24) is 14.6 Å². The summed E-state index contributed by atoms with van der Waals surface area (Å²) in [5, 5.41) is 34.7. The fraction of sp³-hybridized carbons (Fsp3) is 0.417. The van der Waals surface area contributed by atoms with E-state index in [9.17, 15) is 39.0 Å². The van der Waals surface area contributed by atoms with Crippen molar-refractivity contribution in [3.63, 3.8) is 0 Å². The van der Waals surface area contributed by atoms with Crippen LogP contribution in [-0.4, -0.2) is 69.3 Å². The van der Waals surface area contributed by atoms with E-state index in [1.54, 1.807) is 6.07 Å². The average molecular weight is 533 g/mol. The van der Waals surface area contributed by atoms with Gasteiger partial charge in [0.1, 0.15) is 36.2 Å². The SMILES string of the molecule is [2H]C([2H])(OP(=O)(O)OP(=O)(O)OP(=O)(O)O)[C@H]1O[C@@](C#N)(c2ccc3c(N)ncnn23)[C@H](O)[C@@H]1O. The van der Waals surface area contributed by atoms with E-state index in [0.29, 0.717) is 0 Å². The second-order valence-electron chi connectivity index (χ2n) is 6.28. The largest absolute Gasteiger partial charge is 0.490 e. The van der Waals surface area contributed by atoms with Gasteiger partial charge in [0, 0.05) is 0 Å². The normalized spacial score (nSPS) is 30.8. The number of nitrogens with zero attached hydrogens (tertiary/aromatic N) is 4. The molecule has 0 bridgehead atoms. The zero-order valence-electron chi connectivity index (χ0n) is 17.7. The second-order valence-corrected chi connectivity index (χ2v) is 10.6. The first kappa shape index (κ1) is 23.0. The van der Waals surface area contributed by atoms with Gasteiger partial charge < -0.3 is 40.3 Å². The van der Waals surface area contributed by atoms with Gasteiger partial charge in [0.2, 0.25) is 5.60 Å². The van der Waals surface area contributed by atoms with E-state index in [0.717, 1.165) is 10.8 Å². The number of anilines is 1. The van der Waals surface area contributed by atoms with Gasteiger partial charge in [0.25, 0.3) is 0 Å². The maximum absolute atomic E-state index is 12.1. The Bertz CT molecular complexity index is 1330. The molecule has 8 N–H and O–H groups in total. The standard InChI is InChI=1S/C12H16N5O13P3/c13-4-12(8-2-1-6-11(14)15-5-16-17(6)8)10(19)9(18)7(28-12)3-27-32(23,24)30-33(25,26)29-31(20,21)22/h1-2,5,7,9-10,18-19H,3H2,(H,23,24)(H,25,26)(H2,14,15,16)(H2,20,21,22)/t7-,9-,10-,12+/m1/s1/i3D2. The number of aliphatic hydroxyl groups excluding tert-OH is 2. The van der Waals surface area contributed by atoms with Crippen LogP contribution in [0, 0.1) is 11.3 Å². The number of ether oxygens (including phenoxy) is 1. The van der Waals surface area contributed by atoms with E-state index in [1.807, 2.05) is 0 Å². The van der Waals surface area contributed by atoms with E-state index in [4.69, 9.17) is 23.0 Å². The lowest BCUT2D eigenvalue weighted by atomic mass is 9.92. The molecule has 1 fully saturated rings. The molecule has 6 atom stereocenters. The quantitative estimate of drug-likeness (QED) is 0.190. The second kappa shape index (κ2) is 8.77. The van der Waals surface area contributed by atoms with Gasteiger partial charge in [-0.05, 0) is 12.1 Å². The molecule has 0 saturated carbocycles. The summed E-state index contributed by atoms with van der Waals surface area (Å²) in [6, 6.07) is 4.08. The van der Waals surface area contributed by atoms with Crippen LogP contribution in [0.2, 0.25) is 0 Å². The smallest absolute Gasteiger partial charge is 0.387 e. The third kappa shape index (κ3) is 5.32. The molecule has 182 valence electrons. The van der Waals surface area contributed by atoms with Gasteiger partial charge in [-0.25, -0.2) is 23.2 Å². The number of nitrogens with two attached hydrogens (primary N) is 1. The molecule has 2 aromatic heterocycles. The predicted molar refractivity (Wildman–Crippen MR) is 101 cm³/mol. The van der Waals surface area contributed by atoms with Gasteiger partial charge >= 0.3 is 23.5 Å². The van der Waals surface area contributed by atoms with Crippen LogP contribution in [0.4, 0.5) is 5.82 Å². The van der Waals surface area contributed by atoms with Crippen molar-refractivity contribution in [3.05, 3.63) is 24.2 Å². The Kier molecular flexibility index (Phi) is 6.10. The van der Waals surface area contributed by atoms with Gasteiger partial charge in [-0.15, -0.1) is 0 Å². The number of aromatic nitrogens is 3. The van der Waals surface area contributed by atoms with Crippen LogP contribution < -0.4 is 5.73 Å². The van der Waals surface area contributed by atoms with Crippen LogP contribution in [0.1, 0.15) is 8.44 Å². The maximum atomic E-state index is 12.1. The molecule has 0 aromatic carbocycles. The van der Waals surface area contributed by atoms with Crippen molar-refractivity contribution < 1.29 is 64.1 Å². The first-order chi connectivity index (χ1) is 15.8. The molecule has 3 rings (SSSR count). The van der Waals surface area contributed by atoms with E-state index in [1.165, 1.54) is 12.1 Å². The van der Waals surface area contributed by atoms with Crippen molar-refractivity contribution >= 4 is 34.8 Å². The molecular weight excluding hydrogens is 515 g/mol. The molecule has 1 aliphatic heterocycles. The number of aliphatic hydroxyl groups is 2. The average Bonchev–Trinajstić information content (AvgIpc) is 3.20. The Morgan fingerprint density at radius 2 is 1.91 bits per heavy atom. The summed E-state index contributed by atoms with van der Waals surface area (Å²) in [5.41, 5.74) is 3.04. The molecule has 1 saturated heterocycles. The zero-order valence-corrected chi connectivity index (χ0v) is 18.4. The van der Waals surface area contributed by atoms with Crippen LogP contribution >= 0.6 is 23.5 Å². The summed E-state index contributed by atoms with van der Waals surface area (Å²) in [6.07, 6.45) is -5.97. The van der Waals surface area contributed by atoms with E-state index in [-0.39, 0.29) is 17.0 Å². The monoisotopic (exact) mass is 533 g/mol. The van der Waals surface area contributed by atoms with E-state index < -0.39 is 53.9 Å². The highest BCUT2D eigenvalue weighted by atomic mass is 31.3. The summed E-state index contributed by atoms with van der Waals surface area (Å²) in [6.45, 7) is -3.65. The van der Waals surface area contributed by atoms with Crippen molar-refractivity contribution in [2.24, 2.45) is 0 Å². The minimum absolute atomic E-state index is 0.0492. The van der Waals surface area contributed by atoms with Crippen molar-refractivity contribution in [1.29, 1.82) is 5.26 Å². The Hall–Kier alpha value is -1.80.